The van der Waals surface area contributed by atoms with E-state index in [0.717, 1.165) is 36.2 Å². The summed E-state index contributed by atoms with van der Waals surface area (Å²) in [5, 5.41) is 11.1. The zero-order valence-corrected chi connectivity index (χ0v) is 10.5. The van der Waals surface area contributed by atoms with E-state index in [1.807, 2.05) is 30.4 Å². The van der Waals surface area contributed by atoms with Crippen LogP contribution in [0, 0.1) is 5.92 Å². The lowest BCUT2D eigenvalue weighted by Crippen LogP contribution is -2.26. The van der Waals surface area contributed by atoms with Crippen molar-refractivity contribution in [1.29, 1.82) is 0 Å². The Hall–Kier alpha value is -1.87. The van der Waals surface area contributed by atoms with Crippen molar-refractivity contribution in [2.24, 2.45) is 5.92 Å². The van der Waals surface area contributed by atoms with Gasteiger partial charge in [0, 0.05) is 6.20 Å². The SMILES string of the molecule is OC1(C2CC2)C=C2CC=CC=C2Oc2ncccc21. The molecule has 19 heavy (non-hydrogen) atoms. The third kappa shape index (κ3) is 1.65. The molecule has 1 N–H and O–H groups in total. The number of fused-ring (bicyclic) bond motifs is 2. The van der Waals surface area contributed by atoms with Crippen LogP contribution < -0.4 is 4.74 Å². The molecule has 0 amide bonds. The number of allylic oxidation sites excluding steroid dienone is 4. The number of aromatic nitrogens is 1. The fourth-order valence-corrected chi connectivity index (χ4v) is 2.87. The number of hydrogen-bond donors (Lipinski definition) is 1. The fourth-order valence-electron chi connectivity index (χ4n) is 2.87. The summed E-state index contributed by atoms with van der Waals surface area (Å²) < 4.78 is 5.90. The van der Waals surface area contributed by atoms with E-state index in [2.05, 4.69) is 11.1 Å². The van der Waals surface area contributed by atoms with E-state index in [1.165, 1.54) is 0 Å². The number of nitrogens with zero attached hydrogens (tertiary/aromatic N) is 1. The third-order valence-electron chi connectivity index (χ3n) is 4.04. The van der Waals surface area contributed by atoms with Gasteiger partial charge in [-0.25, -0.2) is 4.98 Å². The van der Waals surface area contributed by atoms with Gasteiger partial charge in [0.25, 0.3) is 0 Å². The van der Waals surface area contributed by atoms with Gasteiger partial charge < -0.3 is 9.84 Å². The van der Waals surface area contributed by atoms with Gasteiger partial charge in [0.05, 0.1) is 5.56 Å². The minimum atomic E-state index is -0.931. The van der Waals surface area contributed by atoms with E-state index in [-0.39, 0.29) is 5.92 Å². The summed E-state index contributed by atoms with van der Waals surface area (Å²) in [4.78, 5) is 4.30. The van der Waals surface area contributed by atoms with Crippen LogP contribution in [0.3, 0.4) is 0 Å². The van der Waals surface area contributed by atoms with Gasteiger partial charge in [-0.3, -0.25) is 0 Å². The molecule has 0 radical (unpaired) electrons. The normalized spacial score (nSPS) is 28.5. The maximum absolute atomic E-state index is 11.1. The van der Waals surface area contributed by atoms with Crippen molar-refractivity contribution in [3.05, 3.63) is 59.5 Å². The number of rotatable bonds is 1. The topological polar surface area (TPSA) is 42.4 Å². The second-order valence-electron chi connectivity index (χ2n) is 5.39. The maximum Gasteiger partial charge on any atom is 0.225 e. The van der Waals surface area contributed by atoms with Crippen LogP contribution in [0.15, 0.2) is 54.0 Å². The van der Waals surface area contributed by atoms with Crippen LogP contribution in [0.5, 0.6) is 5.88 Å². The predicted octanol–water partition coefficient (Wildman–Crippen LogP) is 2.84. The van der Waals surface area contributed by atoms with Gasteiger partial charge >= 0.3 is 0 Å². The Bertz CT molecular complexity index is 625. The molecule has 0 spiro atoms. The van der Waals surface area contributed by atoms with Crippen LogP contribution in [-0.4, -0.2) is 10.1 Å². The molecular formula is C16H15NO2. The highest BCUT2D eigenvalue weighted by Gasteiger charge is 2.47. The summed E-state index contributed by atoms with van der Waals surface area (Å²) in [6, 6.07) is 3.78. The third-order valence-corrected chi connectivity index (χ3v) is 4.04. The number of hydrogen-bond acceptors (Lipinski definition) is 3. The highest BCUT2D eigenvalue weighted by Crippen LogP contribution is 2.51. The summed E-state index contributed by atoms with van der Waals surface area (Å²) in [7, 11) is 0. The summed E-state index contributed by atoms with van der Waals surface area (Å²) in [5.41, 5.74) is 0.912. The molecule has 1 saturated carbocycles. The average molecular weight is 253 g/mol. The Morgan fingerprint density at radius 3 is 3.11 bits per heavy atom. The number of ether oxygens (including phenoxy) is 1. The van der Waals surface area contributed by atoms with E-state index in [1.54, 1.807) is 6.20 Å². The van der Waals surface area contributed by atoms with Gasteiger partial charge in [0.2, 0.25) is 5.88 Å². The van der Waals surface area contributed by atoms with Gasteiger partial charge in [0.15, 0.2) is 0 Å². The molecule has 1 aromatic rings. The Morgan fingerprint density at radius 1 is 1.37 bits per heavy atom. The van der Waals surface area contributed by atoms with E-state index in [0.29, 0.717) is 5.88 Å². The van der Waals surface area contributed by atoms with Crippen LogP contribution in [-0.2, 0) is 5.60 Å². The lowest BCUT2D eigenvalue weighted by molar-refractivity contribution is 0.0631. The molecule has 0 bridgehead atoms. The molecule has 0 aromatic carbocycles. The summed E-state index contributed by atoms with van der Waals surface area (Å²) in [6.45, 7) is 0. The first-order chi connectivity index (χ1) is 9.27. The first-order valence-corrected chi connectivity index (χ1v) is 6.72. The van der Waals surface area contributed by atoms with E-state index in [9.17, 15) is 5.11 Å². The Balaban J connectivity index is 1.94. The smallest absolute Gasteiger partial charge is 0.225 e. The van der Waals surface area contributed by atoms with Crippen LogP contribution in [0.25, 0.3) is 0 Å². The van der Waals surface area contributed by atoms with E-state index >= 15 is 0 Å². The second kappa shape index (κ2) is 3.81. The molecule has 2 heterocycles. The van der Waals surface area contributed by atoms with Crippen molar-refractivity contribution >= 4 is 0 Å². The minimum absolute atomic E-state index is 0.289. The van der Waals surface area contributed by atoms with Crippen LogP contribution >= 0.6 is 0 Å². The molecule has 96 valence electrons. The average Bonchev–Trinajstić information content (AvgIpc) is 3.25. The van der Waals surface area contributed by atoms with Gasteiger partial charge in [-0.1, -0.05) is 12.2 Å². The molecule has 0 saturated heterocycles. The van der Waals surface area contributed by atoms with Crippen molar-refractivity contribution in [2.75, 3.05) is 0 Å². The lowest BCUT2D eigenvalue weighted by atomic mass is 9.86. The fraction of sp³-hybridized carbons (Fsp3) is 0.312. The highest BCUT2D eigenvalue weighted by molar-refractivity contribution is 5.48. The molecule has 1 fully saturated rings. The first-order valence-electron chi connectivity index (χ1n) is 6.72. The molecule has 3 nitrogen and oxygen atoms in total. The van der Waals surface area contributed by atoms with Crippen molar-refractivity contribution in [2.45, 2.75) is 24.9 Å². The molecule has 3 heteroatoms. The molecule has 4 rings (SSSR count). The summed E-state index contributed by atoms with van der Waals surface area (Å²) >= 11 is 0. The van der Waals surface area contributed by atoms with E-state index in [4.69, 9.17) is 4.74 Å². The van der Waals surface area contributed by atoms with Gasteiger partial charge in [-0.15, -0.1) is 0 Å². The standard InChI is InChI=1S/C16H15NO2/c18-16(12-7-8-12)10-11-4-1-2-6-14(11)19-15-13(16)5-3-9-17-15/h1-3,5-6,9-10,12,18H,4,7-8H2. The summed E-state index contributed by atoms with van der Waals surface area (Å²) in [5.74, 6) is 1.63. The predicted molar refractivity (Wildman–Crippen MR) is 71.4 cm³/mol. The lowest BCUT2D eigenvalue weighted by Gasteiger charge is -2.24. The largest absolute Gasteiger partial charge is 0.438 e. The Kier molecular flexibility index (Phi) is 2.21. The van der Waals surface area contributed by atoms with Crippen LogP contribution in [0.4, 0.5) is 0 Å². The monoisotopic (exact) mass is 253 g/mol. The van der Waals surface area contributed by atoms with Gasteiger partial charge in [0.1, 0.15) is 11.4 Å². The highest BCUT2D eigenvalue weighted by atomic mass is 16.5. The van der Waals surface area contributed by atoms with Gasteiger partial charge in [-0.05, 0) is 55.0 Å². The molecule has 1 atom stereocenters. The quantitative estimate of drug-likeness (QED) is 0.836. The Morgan fingerprint density at radius 2 is 2.26 bits per heavy atom. The molecular weight excluding hydrogens is 238 g/mol. The van der Waals surface area contributed by atoms with Crippen molar-refractivity contribution in [3.63, 3.8) is 0 Å². The van der Waals surface area contributed by atoms with Crippen molar-refractivity contribution in [3.8, 4) is 5.88 Å². The zero-order valence-electron chi connectivity index (χ0n) is 10.5. The van der Waals surface area contributed by atoms with Crippen LogP contribution in [0.1, 0.15) is 24.8 Å². The van der Waals surface area contributed by atoms with Gasteiger partial charge in [-0.2, -0.15) is 0 Å². The molecule has 3 aliphatic rings. The molecule has 1 aromatic heterocycles. The molecule has 2 aliphatic carbocycles. The second-order valence-corrected chi connectivity index (χ2v) is 5.39. The number of pyridine rings is 1. The zero-order chi connectivity index (χ0) is 12.9. The molecule has 1 aliphatic heterocycles. The first kappa shape index (κ1) is 11.0. The maximum atomic E-state index is 11.1. The van der Waals surface area contributed by atoms with E-state index < -0.39 is 5.60 Å². The minimum Gasteiger partial charge on any atom is -0.438 e. The number of aliphatic hydroxyl groups is 1. The van der Waals surface area contributed by atoms with Crippen molar-refractivity contribution in [1.82, 2.24) is 4.98 Å². The molecule has 1 unspecified atom stereocenters. The Labute approximate surface area is 111 Å². The summed E-state index contributed by atoms with van der Waals surface area (Å²) in [6.07, 6.45) is 12.6. The van der Waals surface area contributed by atoms with Crippen molar-refractivity contribution < 1.29 is 9.84 Å². The van der Waals surface area contributed by atoms with Crippen LogP contribution in [0.2, 0.25) is 0 Å².